The van der Waals surface area contributed by atoms with Crippen molar-refractivity contribution in [3.8, 4) is 5.75 Å². The standard InChI is InChI=1S/C25H34N4O3/c1-21-26-12-17-29(21)19-24(31)28-15-10-25(11-16-28,20-32-22-8-4-2-5-9-22)18-23(30)27-13-6-3-7-14-27/h2,4-5,8-9,12,17H,3,6-7,10-11,13-16,18-20H2,1H3. The molecule has 0 aliphatic carbocycles. The number of ether oxygens (including phenoxy) is 1. The fourth-order valence-corrected chi connectivity index (χ4v) is 4.75. The summed E-state index contributed by atoms with van der Waals surface area (Å²) < 4.78 is 8.02. The number of aryl methyl sites for hydroxylation is 1. The van der Waals surface area contributed by atoms with E-state index in [1.54, 1.807) is 6.20 Å². The molecular weight excluding hydrogens is 404 g/mol. The predicted octanol–water partition coefficient (Wildman–Crippen LogP) is 3.28. The van der Waals surface area contributed by atoms with E-state index in [1.165, 1.54) is 6.42 Å². The van der Waals surface area contributed by atoms with Gasteiger partial charge in [0.05, 0.1) is 6.61 Å². The molecule has 172 valence electrons. The number of piperidine rings is 2. The molecule has 2 fully saturated rings. The van der Waals surface area contributed by atoms with Gasteiger partial charge in [-0.25, -0.2) is 4.98 Å². The molecule has 2 saturated heterocycles. The number of imidazole rings is 1. The molecule has 2 aliphatic heterocycles. The second-order valence-corrected chi connectivity index (χ2v) is 9.20. The van der Waals surface area contributed by atoms with Crippen LogP contribution in [0, 0.1) is 12.3 Å². The first kappa shape index (κ1) is 22.4. The Bertz CT molecular complexity index is 897. The number of hydrogen-bond acceptors (Lipinski definition) is 4. The smallest absolute Gasteiger partial charge is 0.242 e. The van der Waals surface area contributed by atoms with E-state index >= 15 is 0 Å². The second-order valence-electron chi connectivity index (χ2n) is 9.20. The first-order valence-corrected chi connectivity index (χ1v) is 11.8. The van der Waals surface area contributed by atoms with Gasteiger partial charge < -0.3 is 19.1 Å². The topological polar surface area (TPSA) is 67.7 Å². The van der Waals surface area contributed by atoms with Crippen LogP contribution in [0.15, 0.2) is 42.7 Å². The van der Waals surface area contributed by atoms with Crippen LogP contribution in [-0.4, -0.2) is 64.0 Å². The van der Waals surface area contributed by atoms with Gasteiger partial charge in [-0.2, -0.15) is 0 Å². The van der Waals surface area contributed by atoms with Crippen LogP contribution >= 0.6 is 0 Å². The maximum atomic E-state index is 13.1. The van der Waals surface area contributed by atoms with E-state index in [9.17, 15) is 9.59 Å². The van der Waals surface area contributed by atoms with E-state index in [0.717, 1.165) is 50.3 Å². The molecular formula is C25H34N4O3. The van der Waals surface area contributed by atoms with E-state index in [2.05, 4.69) is 4.98 Å². The maximum absolute atomic E-state index is 13.1. The van der Waals surface area contributed by atoms with Crippen LogP contribution < -0.4 is 4.74 Å². The number of carbonyl (C=O) groups is 2. The van der Waals surface area contributed by atoms with Gasteiger partial charge in [0.1, 0.15) is 18.1 Å². The number of hydrogen-bond donors (Lipinski definition) is 0. The van der Waals surface area contributed by atoms with Crippen LogP contribution in [0.3, 0.4) is 0 Å². The Hall–Kier alpha value is -2.83. The van der Waals surface area contributed by atoms with Crippen molar-refractivity contribution < 1.29 is 14.3 Å². The molecule has 0 bridgehead atoms. The van der Waals surface area contributed by atoms with Gasteiger partial charge in [0, 0.05) is 50.4 Å². The molecule has 0 saturated carbocycles. The summed E-state index contributed by atoms with van der Waals surface area (Å²) in [5, 5.41) is 0. The molecule has 3 heterocycles. The number of carbonyl (C=O) groups excluding carboxylic acids is 2. The highest BCUT2D eigenvalue weighted by Crippen LogP contribution is 2.37. The molecule has 0 spiro atoms. The van der Waals surface area contributed by atoms with Gasteiger partial charge in [-0.15, -0.1) is 0 Å². The van der Waals surface area contributed by atoms with Crippen molar-refractivity contribution >= 4 is 11.8 Å². The van der Waals surface area contributed by atoms with Crippen molar-refractivity contribution in [2.45, 2.75) is 52.0 Å². The van der Waals surface area contributed by atoms with Crippen molar-refractivity contribution in [3.05, 3.63) is 48.5 Å². The number of rotatable bonds is 7. The Morgan fingerprint density at radius 1 is 0.969 bits per heavy atom. The predicted molar refractivity (Wildman–Crippen MR) is 122 cm³/mol. The molecule has 4 rings (SSSR count). The quantitative estimate of drug-likeness (QED) is 0.665. The fourth-order valence-electron chi connectivity index (χ4n) is 4.75. The third-order valence-electron chi connectivity index (χ3n) is 6.93. The zero-order chi connectivity index (χ0) is 22.4. The molecule has 0 N–H and O–H groups in total. The molecule has 2 aromatic rings. The van der Waals surface area contributed by atoms with Crippen LogP contribution in [0.5, 0.6) is 5.75 Å². The highest BCUT2D eigenvalue weighted by Gasteiger charge is 2.39. The summed E-state index contributed by atoms with van der Waals surface area (Å²) >= 11 is 0. The minimum absolute atomic E-state index is 0.103. The minimum Gasteiger partial charge on any atom is -0.493 e. The lowest BCUT2D eigenvalue weighted by molar-refractivity contribution is -0.138. The van der Waals surface area contributed by atoms with Gasteiger partial charge in [0.15, 0.2) is 0 Å². The molecule has 7 nitrogen and oxygen atoms in total. The van der Waals surface area contributed by atoms with Gasteiger partial charge >= 0.3 is 0 Å². The van der Waals surface area contributed by atoms with E-state index in [-0.39, 0.29) is 17.2 Å². The third kappa shape index (κ3) is 5.50. The average molecular weight is 439 g/mol. The maximum Gasteiger partial charge on any atom is 0.242 e. The normalized spacial score (nSPS) is 18.4. The number of nitrogens with zero attached hydrogens (tertiary/aromatic N) is 4. The highest BCUT2D eigenvalue weighted by atomic mass is 16.5. The van der Waals surface area contributed by atoms with Crippen molar-refractivity contribution in [1.29, 1.82) is 0 Å². The van der Waals surface area contributed by atoms with Crippen molar-refractivity contribution in [3.63, 3.8) is 0 Å². The van der Waals surface area contributed by atoms with Gasteiger partial charge in [-0.1, -0.05) is 18.2 Å². The second kappa shape index (κ2) is 10.2. The van der Waals surface area contributed by atoms with Crippen LogP contribution in [0.4, 0.5) is 0 Å². The molecule has 0 radical (unpaired) electrons. The Morgan fingerprint density at radius 2 is 1.66 bits per heavy atom. The molecule has 0 atom stereocenters. The van der Waals surface area contributed by atoms with Gasteiger partial charge in [-0.05, 0) is 51.2 Å². The fraction of sp³-hybridized carbons (Fsp3) is 0.560. The van der Waals surface area contributed by atoms with Crippen LogP contribution in [0.1, 0.15) is 44.3 Å². The van der Waals surface area contributed by atoms with Crippen LogP contribution in [-0.2, 0) is 16.1 Å². The molecule has 1 aromatic carbocycles. The molecule has 0 unspecified atom stereocenters. The lowest BCUT2D eigenvalue weighted by atomic mass is 9.75. The average Bonchev–Trinajstić information content (AvgIpc) is 3.23. The van der Waals surface area contributed by atoms with E-state index in [0.29, 0.717) is 32.7 Å². The number of benzene rings is 1. The molecule has 2 aliphatic rings. The van der Waals surface area contributed by atoms with Crippen molar-refractivity contribution in [1.82, 2.24) is 19.4 Å². The molecule has 32 heavy (non-hydrogen) atoms. The van der Waals surface area contributed by atoms with Crippen LogP contribution in [0.25, 0.3) is 0 Å². The highest BCUT2D eigenvalue weighted by molar-refractivity contribution is 5.78. The Kier molecular flexibility index (Phi) is 7.12. The zero-order valence-electron chi connectivity index (χ0n) is 19.0. The summed E-state index contributed by atoms with van der Waals surface area (Å²) in [6.45, 7) is 5.75. The van der Waals surface area contributed by atoms with Crippen LogP contribution in [0.2, 0.25) is 0 Å². The first-order valence-electron chi connectivity index (χ1n) is 11.8. The number of likely N-dealkylation sites (tertiary alicyclic amines) is 2. The van der Waals surface area contributed by atoms with Crippen molar-refractivity contribution in [2.75, 3.05) is 32.8 Å². The summed E-state index contributed by atoms with van der Waals surface area (Å²) in [7, 11) is 0. The van der Waals surface area contributed by atoms with Gasteiger partial charge in [-0.3, -0.25) is 9.59 Å². The SMILES string of the molecule is Cc1nccn1CC(=O)N1CCC(COc2ccccc2)(CC(=O)N2CCCCC2)CC1. The van der Waals surface area contributed by atoms with Gasteiger partial charge in [0.2, 0.25) is 11.8 Å². The third-order valence-corrected chi connectivity index (χ3v) is 6.93. The zero-order valence-corrected chi connectivity index (χ0v) is 19.0. The Morgan fingerprint density at radius 3 is 2.31 bits per heavy atom. The van der Waals surface area contributed by atoms with Gasteiger partial charge in [0.25, 0.3) is 0 Å². The van der Waals surface area contributed by atoms with E-state index in [4.69, 9.17) is 4.74 Å². The summed E-state index contributed by atoms with van der Waals surface area (Å²) in [6.07, 6.45) is 8.98. The van der Waals surface area contributed by atoms with E-state index in [1.807, 2.05) is 57.8 Å². The summed E-state index contributed by atoms with van der Waals surface area (Å²) in [5.74, 6) is 2.00. The molecule has 7 heteroatoms. The van der Waals surface area contributed by atoms with E-state index < -0.39 is 0 Å². The number of amides is 2. The molecule has 1 aromatic heterocycles. The first-order chi connectivity index (χ1) is 15.5. The lowest BCUT2D eigenvalue weighted by Gasteiger charge is -2.42. The largest absolute Gasteiger partial charge is 0.493 e. The number of para-hydroxylation sites is 1. The molecule has 2 amide bonds. The lowest BCUT2D eigenvalue weighted by Crippen LogP contribution is -2.49. The summed E-state index contributed by atoms with van der Waals surface area (Å²) in [4.78, 5) is 34.1. The monoisotopic (exact) mass is 438 g/mol. The van der Waals surface area contributed by atoms with Crippen molar-refractivity contribution in [2.24, 2.45) is 5.41 Å². The Balaban J connectivity index is 1.40. The number of aromatic nitrogens is 2. The summed E-state index contributed by atoms with van der Waals surface area (Å²) in [6, 6.07) is 9.79. The minimum atomic E-state index is -0.244. The summed E-state index contributed by atoms with van der Waals surface area (Å²) in [5.41, 5.74) is -0.244. The Labute approximate surface area is 190 Å².